The summed E-state index contributed by atoms with van der Waals surface area (Å²) < 4.78 is 22.7. The van der Waals surface area contributed by atoms with Crippen LogP contribution in [0.5, 0.6) is 5.75 Å². The average molecular weight is 261 g/mol. The molecule has 0 aliphatic carbocycles. The molecule has 2 unspecified atom stereocenters. The Kier molecular flexibility index (Phi) is 4.10. The van der Waals surface area contributed by atoms with E-state index in [0.29, 0.717) is 0 Å². The molecule has 0 bridgehead atoms. The fourth-order valence-corrected chi connectivity index (χ4v) is 2.20. The minimum absolute atomic E-state index is 0.0190. The van der Waals surface area contributed by atoms with Crippen LogP contribution in [0.25, 0.3) is 0 Å². The van der Waals surface area contributed by atoms with Gasteiger partial charge in [-0.15, -0.1) is 0 Å². The number of nitrogens with two attached hydrogens (primary N) is 1. The summed E-state index contributed by atoms with van der Waals surface area (Å²) in [5.41, 5.74) is 5.40. The van der Waals surface area contributed by atoms with Crippen LogP contribution in [0, 0.1) is 0 Å². The number of hydrogen-bond donors (Lipinski definition) is 4. The number of aliphatic hydroxyl groups excluding tert-OH is 2. The van der Waals surface area contributed by atoms with E-state index in [4.69, 9.17) is 10.8 Å². The van der Waals surface area contributed by atoms with Gasteiger partial charge in [0.05, 0.1) is 18.8 Å². The van der Waals surface area contributed by atoms with Crippen LogP contribution in [0.2, 0.25) is 0 Å². The Labute approximate surface area is 99.2 Å². The van der Waals surface area contributed by atoms with Gasteiger partial charge in [0.1, 0.15) is 10.6 Å². The molecule has 0 amide bonds. The third-order valence-electron chi connectivity index (χ3n) is 2.36. The van der Waals surface area contributed by atoms with Crippen LogP contribution in [0.1, 0.15) is 11.7 Å². The SMILES string of the molecule is CS(=O)(=O)c1cccc(C(O)C(N)CO)c1O. The van der Waals surface area contributed by atoms with Crippen LogP contribution in [0.4, 0.5) is 0 Å². The number of para-hydroxylation sites is 1. The number of rotatable bonds is 4. The largest absolute Gasteiger partial charge is 0.506 e. The highest BCUT2D eigenvalue weighted by Gasteiger charge is 2.23. The maximum Gasteiger partial charge on any atom is 0.179 e. The maximum atomic E-state index is 11.3. The second-order valence-corrected chi connectivity index (χ2v) is 5.74. The van der Waals surface area contributed by atoms with Crippen molar-refractivity contribution in [2.24, 2.45) is 5.73 Å². The Morgan fingerprint density at radius 1 is 1.41 bits per heavy atom. The second kappa shape index (κ2) is 5.01. The molecule has 17 heavy (non-hydrogen) atoms. The molecule has 0 fully saturated rings. The number of benzene rings is 1. The Bertz CT molecular complexity index is 499. The van der Waals surface area contributed by atoms with Gasteiger partial charge in [0.2, 0.25) is 0 Å². The van der Waals surface area contributed by atoms with E-state index in [9.17, 15) is 18.6 Å². The van der Waals surface area contributed by atoms with Gasteiger partial charge < -0.3 is 21.1 Å². The molecule has 0 aliphatic heterocycles. The summed E-state index contributed by atoms with van der Waals surface area (Å²) in [5, 5.41) is 28.3. The van der Waals surface area contributed by atoms with E-state index in [1.165, 1.54) is 18.2 Å². The number of phenols is 1. The smallest absolute Gasteiger partial charge is 0.179 e. The topological polar surface area (TPSA) is 121 Å². The van der Waals surface area contributed by atoms with Crippen molar-refractivity contribution in [2.45, 2.75) is 17.0 Å². The summed E-state index contributed by atoms with van der Waals surface area (Å²) in [5.74, 6) is -0.536. The Morgan fingerprint density at radius 2 is 2.00 bits per heavy atom. The van der Waals surface area contributed by atoms with E-state index in [1.807, 2.05) is 0 Å². The molecule has 96 valence electrons. The number of aliphatic hydroxyl groups is 2. The standard InChI is InChI=1S/C10H15NO5S/c1-17(15,16)8-4-2-3-6(10(8)14)9(13)7(11)5-12/h2-4,7,9,12-14H,5,11H2,1H3. The number of phenolic OH excluding ortho intramolecular Hbond substituents is 1. The number of aromatic hydroxyl groups is 1. The molecule has 0 spiro atoms. The minimum atomic E-state index is -3.59. The summed E-state index contributed by atoms with van der Waals surface area (Å²) in [7, 11) is -3.59. The first-order valence-electron chi connectivity index (χ1n) is 4.85. The first-order valence-corrected chi connectivity index (χ1v) is 6.74. The predicted molar refractivity (Wildman–Crippen MR) is 61.2 cm³/mol. The molecule has 1 aromatic carbocycles. The lowest BCUT2D eigenvalue weighted by atomic mass is 10.0. The quantitative estimate of drug-likeness (QED) is 0.560. The highest BCUT2D eigenvalue weighted by Crippen LogP contribution is 2.31. The van der Waals surface area contributed by atoms with Crippen LogP contribution in [-0.2, 0) is 9.84 Å². The third-order valence-corrected chi connectivity index (χ3v) is 3.49. The van der Waals surface area contributed by atoms with Crippen molar-refractivity contribution in [3.8, 4) is 5.75 Å². The lowest BCUT2D eigenvalue weighted by molar-refractivity contribution is 0.107. The van der Waals surface area contributed by atoms with Crippen LogP contribution in [0.3, 0.4) is 0 Å². The predicted octanol–water partition coefficient (Wildman–Crippen LogP) is -0.851. The second-order valence-electron chi connectivity index (χ2n) is 3.76. The van der Waals surface area contributed by atoms with E-state index >= 15 is 0 Å². The zero-order chi connectivity index (χ0) is 13.2. The van der Waals surface area contributed by atoms with Gasteiger partial charge in [-0.1, -0.05) is 12.1 Å². The van der Waals surface area contributed by atoms with Crippen molar-refractivity contribution in [2.75, 3.05) is 12.9 Å². The molecule has 5 N–H and O–H groups in total. The van der Waals surface area contributed by atoms with Crippen molar-refractivity contribution in [1.29, 1.82) is 0 Å². The van der Waals surface area contributed by atoms with Gasteiger partial charge in [0.25, 0.3) is 0 Å². The Balaban J connectivity index is 3.29. The zero-order valence-corrected chi connectivity index (χ0v) is 10.1. The average Bonchev–Trinajstić information content (AvgIpc) is 2.25. The minimum Gasteiger partial charge on any atom is -0.506 e. The summed E-state index contributed by atoms with van der Waals surface area (Å²) in [6.45, 7) is -0.482. The van der Waals surface area contributed by atoms with Gasteiger partial charge >= 0.3 is 0 Å². The molecule has 0 heterocycles. The molecular formula is C10H15NO5S. The van der Waals surface area contributed by atoms with E-state index in [-0.39, 0.29) is 10.5 Å². The van der Waals surface area contributed by atoms with E-state index in [1.54, 1.807) is 0 Å². The highest BCUT2D eigenvalue weighted by molar-refractivity contribution is 7.90. The Morgan fingerprint density at radius 3 is 2.47 bits per heavy atom. The van der Waals surface area contributed by atoms with Gasteiger partial charge in [0.15, 0.2) is 9.84 Å². The molecule has 1 aromatic rings. The molecular weight excluding hydrogens is 246 g/mol. The molecule has 0 radical (unpaired) electrons. The monoisotopic (exact) mass is 261 g/mol. The first kappa shape index (κ1) is 13.9. The van der Waals surface area contributed by atoms with Crippen LogP contribution >= 0.6 is 0 Å². The molecule has 0 aromatic heterocycles. The molecule has 6 nitrogen and oxygen atoms in total. The van der Waals surface area contributed by atoms with Crippen molar-refractivity contribution >= 4 is 9.84 Å². The summed E-state index contributed by atoms with van der Waals surface area (Å²) >= 11 is 0. The van der Waals surface area contributed by atoms with Crippen LogP contribution in [-0.4, -0.2) is 42.6 Å². The van der Waals surface area contributed by atoms with Gasteiger partial charge in [-0.05, 0) is 6.07 Å². The van der Waals surface area contributed by atoms with E-state index in [0.717, 1.165) is 6.26 Å². The van der Waals surface area contributed by atoms with Gasteiger partial charge in [0, 0.05) is 11.8 Å². The number of sulfone groups is 1. The number of hydrogen-bond acceptors (Lipinski definition) is 6. The van der Waals surface area contributed by atoms with Crippen molar-refractivity contribution in [1.82, 2.24) is 0 Å². The van der Waals surface area contributed by atoms with Crippen LogP contribution in [0.15, 0.2) is 23.1 Å². The lowest BCUT2D eigenvalue weighted by Gasteiger charge is -2.18. The van der Waals surface area contributed by atoms with Gasteiger partial charge in [-0.3, -0.25) is 0 Å². The summed E-state index contributed by atoms with van der Waals surface area (Å²) in [4.78, 5) is -0.279. The van der Waals surface area contributed by atoms with Crippen molar-refractivity contribution in [3.63, 3.8) is 0 Å². The molecule has 0 saturated carbocycles. The van der Waals surface area contributed by atoms with Gasteiger partial charge in [-0.2, -0.15) is 0 Å². The zero-order valence-electron chi connectivity index (χ0n) is 9.24. The summed E-state index contributed by atoms with van der Waals surface area (Å²) in [6.07, 6.45) is -0.383. The highest BCUT2D eigenvalue weighted by atomic mass is 32.2. The molecule has 0 aliphatic rings. The Hall–Kier alpha value is -1.15. The molecule has 1 rings (SSSR count). The van der Waals surface area contributed by atoms with Crippen LogP contribution < -0.4 is 5.73 Å². The fraction of sp³-hybridized carbons (Fsp3) is 0.400. The lowest BCUT2D eigenvalue weighted by Crippen LogP contribution is -2.32. The normalized spacial score (nSPS) is 15.5. The third kappa shape index (κ3) is 2.95. The van der Waals surface area contributed by atoms with E-state index < -0.39 is 34.3 Å². The molecule has 0 saturated heterocycles. The van der Waals surface area contributed by atoms with Crippen molar-refractivity contribution in [3.05, 3.63) is 23.8 Å². The molecule has 7 heteroatoms. The maximum absolute atomic E-state index is 11.3. The fourth-order valence-electron chi connectivity index (χ4n) is 1.41. The molecule has 2 atom stereocenters. The summed E-state index contributed by atoms with van der Waals surface area (Å²) in [6, 6.07) is 2.98. The van der Waals surface area contributed by atoms with Gasteiger partial charge in [-0.25, -0.2) is 8.42 Å². The van der Waals surface area contributed by atoms with Crippen molar-refractivity contribution < 1.29 is 23.7 Å². The first-order chi connectivity index (χ1) is 7.79. The van der Waals surface area contributed by atoms with E-state index in [2.05, 4.69) is 0 Å².